The number of ether oxygens (including phenoxy) is 1. The zero-order chi connectivity index (χ0) is 9.94. The molecule has 4 heteroatoms. The van der Waals surface area contributed by atoms with Gasteiger partial charge in [0.2, 0.25) is 0 Å². The predicted molar refractivity (Wildman–Crippen MR) is 52.5 cm³/mol. The Morgan fingerprint density at radius 2 is 1.75 bits per heavy atom. The van der Waals surface area contributed by atoms with Crippen molar-refractivity contribution in [3.63, 3.8) is 0 Å². The van der Waals surface area contributed by atoms with Crippen molar-refractivity contribution in [1.29, 1.82) is 0 Å². The molecule has 0 amide bonds. The number of nitrogens with two attached hydrogens (primary N) is 1. The largest absolute Gasteiger partial charge is 0.465 e. The van der Waals surface area contributed by atoms with Crippen LogP contribution in [0.3, 0.4) is 0 Å². The van der Waals surface area contributed by atoms with Crippen molar-refractivity contribution < 1.29 is 9.53 Å². The summed E-state index contributed by atoms with van der Waals surface area (Å²) in [6, 6.07) is -0.510. The number of carbonyl (C=O) groups excluding carboxylic acids is 1. The lowest BCUT2D eigenvalue weighted by molar-refractivity contribution is -0.146. The Bertz CT molecular complexity index is 163. The van der Waals surface area contributed by atoms with Crippen molar-refractivity contribution in [2.45, 2.75) is 45.3 Å². The minimum atomic E-state index is -1.37. The second kappa shape index (κ2) is 4.05. The Labute approximate surface area is 75.3 Å². The molecule has 12 heavy (non-hydrogen) atoms. The molecule has 0 saturated carbocycles. The molecule has 0 aromatic heterocycles. The molecule has 0 radical (unpaired) electrons. The van der Waals surface area contributed by atoms with Crippen LogP contribution in [-0.2, 0) is 9.53 Å². The molecule has 3 nitrogen and oxygen atoms in total. The zero-order valence-electron chi connectivity index (χ0n) is 8.55. The van der Waals surface area contributed by atoms with Gasteiger partial charge in [0, 0.05) is 0 Å². The quantitative estimate of drug-likeness (QED) is 0.535. The van der Waals surface area contributed by atoms with Gasteiger partial charge in [-0.25, -0.2) is 0 Å². The first-order chi connectivity index (χ1) is 5.25. The Balaban J connectivity index is 4.02. The summed E-state index contributed by atoms with van der Waals surface area (Å²) >= 11 is 0. The zero-order valence-corrected chi connectivity index (χ0v) is 9.55. The molecule has 0 aromatic rings. The van der Waals surface area contributed by atoms with E-state index in [0.29, 0.717) is 0 Å². The van der Waals surface area contributed by atoms with Gasteiger partial charge in [-0.05, 0) is 13.8 Å². The van der Waals surface area contributed by atoms with E-state index in [1.165, 1.54) is 0 Å². The lowest BCUT2D eigenvalue weighted by atomic mass is 10.4. The van der Waals surface area contributed by atoms with E-state index in [9.17, 15) is 4.79 Å². The van der Waals surface area contributed by atoms with E-state index in [4.69, 9.17) is 10.5 Å². The molecule has 0 aliphatic rings. The molecular weight excluding hydrogens is 170 g/mol. The number of rotatable bonds is 3. The molecule has 1 unspecified atom stereocenters. The van der Waals surface area contributed by atoms with Crippen molar-refractivity contribution >= 4 is 14.0 Å². The first-order valence-electron chi connectivity index (χ1n) is 4.21. The maximum atomic E-state index is 11.1. The van der Waals surface area contributed by atoms with Crippen molar-refractivity contribution in [2.24, 2.45) is 5.73 Å². The molecule has 0 aliphatic heterocycles. The summed E-state index contributed by atoms with van der Waals surface area (Å²) in [6.07, 6.45) is 0. The first kappa shape index (κ1) is 11.6. The Hall–Kier alpha value is -0.353. The normalized spacial score (nSPS) is 16.8. The molecule has 0 bridgehead atoms. The van der Waals surface area contributed by atoms with Gasteiger partial charge in [0.05, 0.1) is 13.8 Å². The van der Waals surface area contributed by atoms with Gasteiger partial charge >= 0.3 is 5.97 Å². The van der Waals surface area contributed by atoms with Crippen LogP contribution in [0.15, 0.2) is 0 Å². The third kappa shape index (κ3) is 3.87. The summed E-state index contributed by atoms with van der Waals surface area (Å²) < 4.78 is 5.17. The predicted octanol–water partition coefficient (Wildman–Crippen LogP) is 1.14. The Kier molecular flexibility index (Phi) is 3.93. The third-order valence-corrected chi connectivity index (χ3v) is 4.44. The summed E-state index contributed by atoms with van der Waals surface area (Å²) in [5.41, 5.74) is 5.41. The average molecular weight is 189 g/mol. The highest BCUT2D eigenvalue weighted by Crippen LogP contribution is 2.11. The molecule has 0 heterocycles. The van der Waals surface area contributed by atoms with Gasteiger partial charge in [0.1, 0.15) is 6.04 Å². The molecule has 0 aromatic carbocycles. The minimum absolute atomic E-state index is 0.0380. The first-order valence-corrected chi connectivity index (χ1v) is 7.79. The smallest absolute Gasteiger partial charge is 0.322 e. The van der Waals surface area contributed by atoms with E-state index in [2.05, 4.69) is 19.6 Å². The van der Waals surface area contributed by atoms with E-state index in [1.54, 1.807) is 6.92 Å². The summed E-state index contributed by atoms with van der Waals surface area (Å²) in [7, 11) is -1.37. The average Bonchev–Trinajstić information content (AvgIpc) is 1.85. The summed E-state index contributed by atoms with van der Waals surface area (Å²) in [4.78, 5) is 11.1. The van der Waals surface area contributed by atoms with Crippen LogP contribution in [0.1, 0.15) is 13.8 Å². The van der Waals surface area contributed by atoms with Gasteiger partial charge < -0.3 is 10.5 Å². The molecule has 72 valence electrons. The topological polar surface area (TPSA) is 52.3 Å². The molecule has 0 spiro atoms. The molecule has 2 atom stereocenters. The maximum Gasteiger partial charge on any atom is 0.322 e. The van der Waals surface area contributed by atoms with Crippen molar-refractivity contribution in [2.75, 3.05) is 0 Å². The summed E-state index contributed by atoms with van der Waals surface area (Å²) in [5.74, 6) is -0.301. The van der Waals surface area contributed by atoms with Gasteiger partial charge in [-0.2, -0.15) is 0 Å². The van der Waals surface area contributed by atoms with Gasteiger partial charge in [-0.3, -0.25) is 4.79 Å². The van der Waals surface area contributed by atoms with Crippen LogP contribution in [0.5, 0.6) is 0 Å². The van der Waals surface area contributed by atoms with E-state index >= 15 is 0 Å². The molecule has 0 rings (SSSR count). The van der Waals surface area contributed by atoms with Crippen LogP contribution in [0.4, 0.5) is 0 Å². The van der Waals surface area contributed by atoms with Crippen LogP contribution < -0.4 is 5.73 Å². The lowest BCUT2D eigenvalue weighted by Gasteiger charge is -2.25. The Morgan fingerprint density at radius 3 is 2.00 bits per heavy atom. The molecule has 0 fully saturated rings. The van der Waals surface area contributed by atoms with Crippen molar-refractivity contribution in [3.8, 4) is 0 Å². The highest BCUT2D eigenvalue weighted by molar-refractivity contribution is 6.77. The van der Waals surface area contributed by atoms with Gasteiger partial charge in [0.15, 0.2) is 0 Å². The van der Waals surface area contributed by atoms with Crippen LogP contribution in [0, 0.1) is 0 Å². The van der Waals surface area contributed by atoms with Crippen molar-refractivity contribution in [3.05, 3.63) is 0 Å². The Morgan fingerprint density at radius 1 is 1.33 bits per heavy atom. The highest BCUT2D eigenvalue weighted by Gasteiger charge is 2.26. The van der Waals surface area contributed by atoms with Gasteiger partial charge in [-0.1, -0.05) is 19.6 Å². The fraction of sp³-hybridized carbons (Fsp3) is 0.875. The van der Waals surface area contributed by atoms with Crippen LogP contribution >= 0.6 is 0 Å². The molecule has 0 saturated heterocycles. The summed E-state index contributed by atoms with van der Waals surface area (Å²) in [5, 5.41) is 0. The minimum Gasteiger partial charge on any atom is -0.465 e. The number of hydrogen-bond acceptors (Lipinski definition) is 3. The number of esters is 1. The van der Waals surface area contributed by atoms with E-state index in [-0.39, 0.29) is 11.7 Å². The standard InChI is InChI=1S/C8H19NO2Si/c1-6(9)8(10)11-7(2)12(3,4)5/h6-7H,9H2,1-5H3/t6-,7?/m1/s1. The maximum absolute atomic E-state index is 11.1. The number of hydrogen-bond donors (Lipinski definition) is 1. The fourth-order valence-electron chi connectivity index (χ4n) is 0.458. The second-order valence-electron chi connectivity index (χ2n) is 4.23. The monoisotopic (exact) mass is 189 g/mol. The van der Waals surface area contributed by atoms with Gasteiger partial charge in [-0.15, -0.1) is 0 Å². The molecular formula is C8H19NO2Si. The third-order valence-electron chi connectivity index (χ3n) is 1.88. The molecule has 2 N–H and O–H groups in total. The molecule has 0 aliphatic carbocycles. The fourth-order valence-corrected chi connectivity index (χ4v) is 0.928. The summed E-state index contributed by atoms with van der Waals surface area (Å²) in [6.45, 7) is 10.1. The second-order valence-corrected chi connectivity index (χ2v) is 9.78. The van der Waals surface area contributed by atoms with E-state index in [0.717, 1.165) is 0 Å². The van der Waals surface area contributed by atoms with E-state index < -0.39 is 14.1 Å². The lowest BCUT2D eigenvalue weighted by Crippen LogP contribution is -2.42. The number of carbonyl (C=O) groups is 1. The van der Waals surface area contributed by atoms with Crippen LogP contribution in [0.25, 0.3) is 0 Å². The SMILES string of the molecule is CC(OC(=O)[C@@H](C)N)[Si](C)(C)C. The van der Waals surface area contributed by atoms with Crippen molar-refractivity contribution in [1.82, 2.24) is 0 Å². The van der Waals surface area contributed by atoms with Crippen LogP contribution in [-0.4, -0.2) is 25.8 Å². The van der Waals surface area contributed by atoms with Gasteiger partial charge in [0.25, 0.3) is 0 Å². The van der Waals surface area contributed by atoms with Crippen LogP contribution in [0.2, 0.25) is 19.6 Å². The van der Waals surface area contributed by atoms with E-state index in [1.807, 2.05) is 6.92 Å². The highest BCUT2D eigenvalue weighted by atomic mass is 28.3.